The molecular weight excluding hydrogens is 312 g/mol. The van der Waals surface area contributed by atoms with E-state index in [1.165, 1.54) is 6.42 Å². The number of carbonyl (C=O) groups excluding carboxylic acids is 1. The summed E-state index contributed by atoms with van der Waals surface area (Å²) in [5, 5.41) is 6.42. The molecule has 4 nitrogen and oxygen atoms in total. The predicted octanol–water partition coefficient (Wildman–Crippen LogP) is 3.46. The highest BCUT2D eigenvalue weighted by atomic mass is 35.5. The zero-order valence-electron chi connectivity index (χ0n) is 14.3. The normalized spacial score (nSPS) is 18.3. The summed E-state index contributed by atoms with van der Waals surface area (Å²) in [6.45, 7) is 8.18. The van der Waals surface area contributed by atoms with Crippen molar-refractivity contribution >= 4 is 18.3 Å². The fourth-order valence-electron chi connectivity index (χ4n) is 2.82. The van der Waals surface area contributed by atoms with Crippen LogP contribution in [-0.4, -0.2) is 25.1 Å². The highest BCUT2D eigenvalue weighted by molar-refractivity contribution is 5.85. The molecule has 2 N–H and O–H groups in total. The fraction of sp³-hybridized carbons (Fsp3) is 0.611. The number of halogens is 1. The second-order valence-corrected chi connectivity index (χ2v) is 6.43. The number of rotatable bonds is 7. The molecule has 0 radical (unpaired) electrons. The van der Waals surface area contributed by atoms with Crippen molar-refractivity contribution < 1.29 is 9.53 Å². The molecule has 2 unspecified atom stereocenters. The molecule has 0 spiro atoms. The minimum Gasteiger partial charge on any atom is -0.491 e. The Labute approximate surface area is 145 Å². The highest BCUT2D eigenvalue weighted by Crippen LogP contribution is 2.20. The van der Waals surface area contributed by atoms with Crippen molar-refractivity contribution in [2.75, 3.05) is 13.1 Å². The van der Waals surface area contributed by atoms with Crippen molar-refractivity contribution in [2.24, 2.45) is 5.92 Å². The standard InChI is InChI=1S/C18H28N2O2.ClH/c1-13(2)22-17-6-4-5-16(11-17)14(3)20-18(21)8-7-15-9-10-19-12-15;/h4-6,11,13-15,19H,7-10,12H2,1-3H3,(H,20,21);1H. The van der Waals surface area contributed by atoms with Gasteiger partial charge in [0, 0.05) is 6.42 Å². The van der Waals surface area contributed by atoms with Gasteiger partial charge >= 0.3 is 0 Å². The van der Waals surface area contributed by atoms with Crippen LogP contribution in [0.1, 0.15) is 51.6 Å². The van der Waals surface area contributed by atoms with Gasteiger partial charge in [-0.15, -0.1) is 12.4 Å². The fourth-order valence-corrected chi connectivity index (χ4v) is 2.82. The van der Waals surface area contributed by atoms with Gasteiger partial charge in [0.05, 0.1) is 12.1 Å². The van der Waals surface area contributed by atoms with E-state index in [9.17, 15) is 4.79 Å². The largest absolute Gasteiger partial charge is 0.491 e. The molecule has 130 valence electrons. The lowest BCUT2D eigenvalue weighted by Gasteiger charge is -2.17. The Balaban J connectivity index is 0.00000264. The minimum absolute atomic E-state index is 0. The summed E-state index contributed by atoms with van der Waals surface area (Å²) in [6.07, 6.45) is 2.93. The third kappa shape index (κ3) is 6.80. The van der Waals surface area contributed by atoms with Crippen LogP contribution in [-0.2, 0) is 4.79 Å². The van der Waals surface area contributed by atoms with Gasteiger partial charge in [0.2, 0.25) is 5.91 Å². The van der Waals surface area contributed by atoms with E-state index in [0.29, 0.717) is 12.3 Å². The van der Waals surface area contributed by atoms with Crippen molar-refractivity contribution in [3.8, 4) is 5.75 Å². The van der Waals surface area contributed by atoms with Crippen LogP contribution < -0.4 is 15.4 Å². The smallest absolute Gasteiger partial charge is 0.220 e. The van der Waals surface area contributed by atoms with Gasteiger partial charge in [-0.3, -0.25) is 4.79 Å². The molecule has 0 bridgehead atoms. The topological polar surface area (TPSA) is 50.4 Å². The van der Waals surface area contributed by atoms with Crippen molar-refractivity contribution in [1.82, 2.24) is 10.6 Å². The first kappa shape index (κ1) is 19.8. The van der Waals surface area contributed by atoms with E-state index in [4.69, 9.17) is 4.74 Å². The van der Waals surface area contributed by atoms with E-state index >= 15 is 0 Å². The zero-order valence-corrected chi connectivity index (χ0v) is 15.1. The molecule has 0 saturated carbocycles. The molecular formula is C18H29ClN2O2. The number of carbonyl (C=O) groups is 1. The quantitative estimate of drug-likeness (QED) is 0.799. The summed E-state index contributed by atoms with van der Waals surface area (Å²) >= 11 is 0. The average molecular weight is 341 g/mol. The first-order valence-electron chi connectivity index (χ1n) is 8.31. The SMILES string of the molecule is CC(C)Oc1cccc(C(C)NC(=O)CCC2CCNC2)c1.Cl. The number of hydrogen-bond acceptors (Lipinski definition) is 3. The van der Waals surface area contributed by atoms with Crippen LogP contribution >= 0.6 is 12.4 Å². The molecule has 23 heavy (non-hydrogen) atoms. The van der Waals surface area contributed by atoms with Crippen LogP contribution in [0.5, 0.6) is 5.75 Å². The van der Waals surface area contributed by atoms with Gasteiger partial charge in [-0.25, -0.2) is 0 Å². The molecule has 1 aromatic rings. The van der Waals surface area contributed by atoms with E-state index in [2.05, 4.69) is 10.6 Å². The van der Waals surface area contributed by atoms with Crippen LogP contribution in [0.3, 0.4) is 0 Å². The lowest BCUT2D eigenvalue weighted by Crippen LogP contribution is -2.27. The van der Waals surface area contributed by atoms with Gasteiger partial charge in [-0.05, 0) is 70.3 Å². The van der Waals surface area contributed by atoms with E-state index in [0.717, 1.165) is 30.8 Å². The van der Waals surface area contributed by atoms with Crippen LogP contribution in [0, 0.1) is 5.92 Å². The molecule has 2 rings (SSSR count). The van der Waals surface area contributed by atoms with Crippen LogP contribution in [0.2, 0.25) is 0 Å². The molecule has 1 aliphatic heterocycles. The number of ether oxygens (including phenoxy) is 1. The van der Waals surface area contributed by atoms with E-state index in [1.54, 1.807) is 0 Å². The van der Waals surface area contributed by atoms with Gasteiger partial charge < -0.3 is 15.4 Å². The Kier molecular flexibility index (Phi) is 8.42. The first-order chi connectivity index (χ1) is 10.5. The number of amides is 1. The lowest BCUT2D eigenvalue weighted by atomic mass is 10.0. The number of nitrogens with one attached hydrogen (secondary N) is 2. The third-order valence-electron chi connectivity index (χ3n) is 4.05. The summed E-state index contributed by atoms with van der Waals surface area (Å²) < 4.78 is 5.71. The van der Waals surface area contributed by atoms with Gasteiger partial charge in [0.1, 0.15) is 5.75 Å². The first-order valence-corrected chi connectivity index (χ1v) is 8.31. The molecule has 1 aliphatic rings. The van der Waals surface area contributed by atoms with Gasteiger partial charge in [0.25, 0.3) is 0 Å². The molecule has 1 fully saturated rings. The second-order valence-electron chi connectivity index (χ2n) is 6.43. The highest BCUT2D eigenvalue weighted by Gasteiger charge is 2.17. The summed E-state index contributed by atoms with van der Waals surface area (Å²) in [5.41, 5.74) is 1.08. The van der Waals surface area contributed by atoms with Crippen molar-refractivity contribution in [3.63, 3.8) is 0 Å². The van der Waals surface area contributed by atoms with E-state index < -0.39 is 0 Å². The maximum absolute atomic E-state index is 12.1. The predicted molar refractivity (Wildman–Crippen MR) is 96.2 cm³/mol. The van der Waals surface area contributed by atoms with Crippen molar-refractivity contribution in [2.45, 2.75) is 52.2 Å². The molecule has 1 saturated heterocycles. The molecule has 1 aromatic carbocycles. The minimum atomic E-state index is 0. The Hall–Kier alpha value is -1.26. The Morgan fingerprint density at radius 1 is 1.39 bits per heavy atom. The number of hydrogen-bond donors (Lipinski definition) is 2. The van der Waals surface area contributed by atoms with Crippen LogP contribution in [0.25, 0.3) is 0 Å². The maximum Gasteiger partial charge on any atom is 0.220 e. The average Bonchev–Trinajstić information content (AvgIpc) is 2.98. The Morgan fingerprint density at radius 3 is 2.83 bits per heavy atom. The Bertz CT molecular complexity index is 488. The van der Waals surface area contributed by atoms with Crippen LogP contribution in [0.15, 0.2) is 24.3 Å². The van der Waals surface area contributed by atoms with E-state index in [1.807, 2.05) is 45.0 Å². The van der Waals surface area contributed by atoms with Gasteiger partial charge in [-0.2, -0.15) is 0 Å². The van der Waals surface area contributed by atoms with Gasteiger partial charge in [0.15, 0.2) is 0 Å². The molecule has 0 aliphatic carbocycles. The van der Waals surface area contributed by atoms with Gasteiger partial charge in [-0.1, -0.05) is 12.1 Å². The molecule has 2 atom stereocenters. The van der Waals surface area contributed by atoms with Crippen LogP contribution in [0.4, 0.5) is 0 Å². The van der Waals surface area contributed by atoms with Crippen molar-refractivity contribution in [1.29, 1.82) is 0 Å². The zero-order chi connectivity index (χ0) is 15.9. The maximum atomic E-state index is 12.1. The Morgan fingerprint density at radius 2 is 2.17 bits per heavy atom. The monoisotopic (exact) mass is 340 g/mol. The summed E-state index contributed by atoms with van der Waals surface area (Å²) in [4.78, 5) is 12.1. The third-order valence-corrected chi connectivity index (χ3v) is 4.05. The molecule has 0 aromatic heterocycles. The molecule has 1 heterocycles. The molecule has 5 heteroatoms. The second kappa shape index (κ2) is 9.78. The lowest BCUT2D eigenvalue weighted by molar-refractivity contribution is -0.122. The van der Waals surface area contributed by atoms with Crippen molar-refractivity contribution in [3.05, 3.63) is 29.8 Å². The van der Waals surface area contributed by atoms with E-state index in [-0.39, 0.29) is 30.5 Å². The molecule has 1 amide bonds. The summed E-state index contributed by atoms with van der Waals surface area (Å²) in [6, 6.07) is 7.96. The summed E-state index contributed by atoms with van der Waals surface area (Å²) in [7, 11) is 0. The number of benzene rings is 1. The summed E-state index contributed by atoms with van der Waals surface area (Å²) in [5.74, 6) is 1.64.